The van der Waals surface area contributed by atoms with Crippen molar-refractivity contribution in [2.45, 2.75) is 6.92 Å². The van der Waals surface area contributed by atoms with Crippen LogP contribution in [0.25, 0.3) is 5.69 Å². The van der Waals surface area contributed by atoms with Gasteiger partial charge < -0.3 is 11.1 Å². The fourth-order valence-electron chi connectivity index (χ4n) is 2.50. The van der Waals surface area contributed by atoms with Gasteiger partial charge in [0.1, 0.15) is 11.5 Å². The molecule has 2 aromatic carbocycles. The topological polar surface area (TPSA) is 90.0 Å². The summed E-state index contributed by atoms with van der Waals surface area (Å²) in [5.41, 5.74) is 6.80. The van der Waals surface area contributed by atoms with Crippen molar-refractivity contribution in [1.82, 2.24) is 9.78 Å². The molecule has 0 aliphatic carbocycles. The molecule has 2 amide bonds. The lowest BCUT2D eigenvalue weighted by Gasteiger charge is -2.09. The molecule has 0 aliphatic rings. The zero-order valence-electron chi connectivity index (χ0n) is 13.4. The van der Waals surface area contributed by atoms with Gasteiger partial charge in [0.25, 0.3) is 11.8 Å². The first-order valence-corrected chi connectivity index (χ1v) is 7.48. The number of nitrogens with zero attached hydrogens (tertiary/aromatic N) is 2. The number of aromatic nitrogens is 2. The highest BCUT2D eigenvalue weighted by Gasteiger charge is 2.18. The van der Waals surface area contributed by atoms with E-state index in [1.54, 1.807) is 43.3 Å². The highest BCUT2D eigenvalue weighted by molar-refractivity contribution is 6.09. The van der Waals surface area contributed by atoms with Crippen molar-refractivity contribution in [2.75, 3.05) is 5.32 Å². The summed E-state index contributed by atoms with van der Waals surface area (Å²) in [6, 6.07) is 12.6. The summed E-state index contributed by atoms with van der Waals surface area (Å²) in [7, 11) is 0. The molecule has 0 fully saturated rings. The van der Waals surface area contributed by atoms with E-state index >= 15 is 0 Å². The van der Waals surface area contributed by atoms with Crippen LogP contribution in [0.15, 0.2) is 54.7 Å². The van der Waals surface area contributed by atoms with Crippen molar-refractivity contribution < 1.29 is 14.0 Å². The van der Waals surface area contributed by atoms with Crippen LogP contribution in [0.4, 0.5) is 10.1 Å². The molecule has 0 unspecified atom stereocenters. The van der Waals surface area contributed by atoms with Crippen LogP contribution in [0.5, 0.6) is 0 Å². The van der Waals surface area contributed by atoms with Crippen molar-refractivity contribution in [1.29, 1.82) is 0 Å². The molecule has 126 valence electrons. The summed E-state index contributed by atoms with van der Waals surface area (Å²) in [5.74, 6) is -1.55. The lowest BCUT2D eigenvalue weighted by molar-refractivity contribution is 0.100. The van der Waals surface area contributed by atoms with Crippen LogP contribution in [-0.4, -0.2) is 21.6 Å². The summed E-state index contributed by atoms with van der Waals surface area (Å²) in [5, 5.41) is 6.73. The predicted octanol–water partition coefficient (Wildman–Crippen LogP) is 2.67. The Kier molecular flexibility index (Phi) is 4.30. The van der Waals surface area contributed by atoms with E-state index in [0.29, 0.717) is 11.4 Å². The Morgan fingerprint density at radius 3 is 2.48 bits per heavy atom. The van der Waals surface area contributed by atoms with Gasteiger partial charge in [0.15, 0.2) is 0 Å². The van der Waals surface area contributed by atoms with Crippen LogP contribution in [-0.2, 0) is 0 Å². The third-order valence-electron chi connectivity index (χ3n) is 3.78. The molecule has 0 bridgehead atoms. The van der Waals surface area contributed by atoms with Gasteiger partial charge in [0.2, 0.25) is 0 Å². The molecular weight excluding hydrogens is 323 g/mol. The second-order valence-corrected chi connectivity index (χ2v) is 5.37. The second kappa shape index (κ2) is 6.56. The number of anilines is 1. The molecule has 3 rings (SSSR count). The summed E-state index contributed by atoms with van der Waals surface area (Å²) in [6.07, 6.45) is 1.35. The third-order valence-corrected chi connectivity index (χ3v) is 3.78. The summed E-state index contributed by atoms with van der Waals surface area (Å²) >= 11 is 0. The van der Waals surface area contributed by atoms with Crippen molar-refractivity contribution >= 4 is 17.5 Å². The van der Waals surface area contributed by atoms with Crippen molar-refractivity contribution in [3.05, 3.63) is 77.4 Å². The van der Waals surface area contributed by atoms with E-state index in [1.807, 2.05) is 0 Å². The lowest BCUT2D eigenvalue weighted by atomic mass is 10.1. The Labute approximate surface area is 143 Å². The fraction of sp³-hybridized carbons (Fsp3) is 0.0556. The number of nitrogens with two attached hydrogens (primary N) is 1. The van der Waals surface area contributed by atoms with Crippen LogP contribution in [0, 0.1) is 12.7 Å². The number of para-hydroxylation sites is 2. The minimum atomic E-state index is -0.644. The fourth-order valence-corrected chi connectivity index (χ4v) is 2.50. The number of primary amides is 1. The van der Waals surface area contributed by atoms with E-state index in [0.717, 1.165) is 0 Å². The maximum absolute atomic E-state index is 13.9. The van der Waals surface area contributed by atoms with Crippen LogP contribution < -0.4 is 11.1 Å². The Hall–Kier alpha value is -3.48. The SMILES string of the molecule is Cc1c(C(=O)Nc2ccccc2C(N)=O)cnn1-c1ccccc1F. The number of halogens is 1. The van der Waals surface area contributed by atoms with Crippen LogP contribution in [0.3, 0.4) is 0 Å². The van der Waals surface area contributed by atoms with Crippen molar-refractivity contribution in [3.63, 3.8) is 0 Å². The van der Waals surface area contributed by atoms with Gasteiger partial charge in [-0.15, -0.1) is 0 Å². The largest absolute Gasteiger partial charge is 0.366 e. The maximum Gasteiger partial charge on any atom is 0.259 e. The average molecular weight is 338 g/mol. The molecule has 6 nitrogen and oxygen atoms in total. The molecule has 0 atom stereocenters. The van der Waals surface area contributed by atoms with Gasteiger partial charge in [0.05, 0.1) is 28.7 Å². The van der Waals surface area contributed by atoms with E-state index in [9.17, 15) is 14.0 Å². The van der Waals surface area contributed by atoms with Crippen LogP contribution in [0.1, 0.15) is 26.4 Å². The minimum absolute atomic E-state index is 0.204. The molecule has 0 radical (unpaired) electrons. The third kappa shape index (κ3) is 3.12. The normalized spacial score (nSPS) is 10.5. The maximum atomic E-state index is 13.9. The van der Waals surface area contributed by atoms with Gasteiger partial charge in [-0.3, -0.25) is 9.59 Å². The first-order chi connectivity index (χ1) is 12.0. The molecule has 0 aliphatic heterocycles. The smallest absolute Gasteiger partial charge is 0.259 e. The molecule has 3 N–H and O–H groups in total. The van der Waals surface area contributed by atoms with Gasteiger partial charge in [0, 0.05) is 0 Å². The number of hydrogen-bond donors (Lipinski definition) is 2. The molecule has 0 saturated carbocycles. The molecule has 7 heteroatoms. The zero-order valence-corrected chi connectivity index (χ0v) is 13.4. The highest BCUT2D eigenvalue weighted by Crippen LogP contribution is 2.20. The van der Waals surface area contributed by atoms with Crippen molar-refractivity contribution in [3.8, 4) is 5.69 Å². The second-order valence-electron chi connectivity index (χ2n) is 5.37. The molecule has 0 saturated heterocycles. The van der Waals surface area contributed by atoms with E-state index in [-0.39, 0.29) is 16.8 Å². The van der Waals surface area contributed by atoms with Crippen LogP contribution in [0.2, 0.25) is 0 Å². The molecule has 25 heavy (non-hydrogen) atoms. The number of amides is 2. The Balaban J connectivity index is 1.93. The predicted molar refractivity (Wildman–Crippen MR) is 91.2 cm³/mol. The van der Waals surface area contributed by atoms with E-state index in [4.69, 9.17) is 5.73 Å². The monoisotopic (exact) mass is 338 g/mol. The lowest BCUT2D eigenvalue weighted by Crippen LogP contribution is -2.18. The number of nitrogens with one attached hydrogen (secondary N) is 1. The van der Waals surface area contributed by atoms with Gasteiger partial charge in [-0.25, -0.2) is 9.07 Å². The van der Waals surface area contributed by atoms with Crippen molar-refractivity contribution in [2.24, 2.45) is 5.73 Å². The molecule has 0 spiro atoms. The van der Waals surface area contributed by atoms with Crippen LogP contribution >= 0.6 is 0 Å². The van der Waals surface area contributed by atoms with Gasteiger partial charge in [-0.1, -0.05) is 24.3 Å². The summed E-state index contributed by atoms with van der Waals surface area (Å²) in [6.45, 7) is 1.66. The summed E-state index contributed by atoms with van der Waals surface area (Å²) in [4.78, 5) is 24.0. The minimum Gasteiger partial charge on any atom is -0.366 e. The number of benzene rings is 2. The first kappa shape index (κ1) is 16.4. The molecular formula is C18H15FN4O2. The van der Waals surface area contributed by atoms with E-state index in [1.165, 1.54) is 23.0 Å². The standard InChI is InChI=1S/C18H15FN4O2/c1-11-13(10-21-23(11)16-9-5-3-7-14(16)19)18(25)22-15-8-4-2-6-12(15)17(20)24/h2-10H,1H3,(H2,20,24)(H,22,25). The van der Waals surface area contributed by atoms with Gasteiger partial charge in [-0.05, 0) is 31.2 Å². The number of rotatable bonds is 4. The van der Waals surface area contributed by atoms with E-state index in [2.05, 4.69) is 10.4 Å². The average Bonchev–Trinajstić information content (AvgIpc) is 2.97. The van der Waals surface area contributed by atoms with E-state index < -0.39 is 17.6 Å². The Morgan fingerprint density at radius 2 is 1.76 bits per heavy atom. The summed E-state index contributed by atoms with van der Waals surface area (Å²) < 4.78 is 15.3. The number of carbonyl (C=O) groups is 2. The molecule has 1 aromatic heterocycles. The highest BCUT2D eigenvalue weighted by atomic mass is 19.1. The Morgan fingerprint density at radius 1 is 1.08 bits per heavy atom. The number of carbonyl (C=O) groups excluding carboxylic acids is 2. The van der Waals surface area contributed by atoms with Gasteiger partial charge in [-0.2, -0.15) is 5.10 Å². The van der Waals surface area contributed by atoms with Gasteiger partial charge >= 0.3 is 0 Å². The molecule has 1 heterocycles. The Bertz CT molecular complexity index is 965. The number of hydrogen-bond acceptors (Lipinski definition) is 3. The molecule has 3 aromatic rings. The first-order valence-electron chi connectivity index (χ1n) is 7.48. The zero-order chi connectivity index (χ0) is 18.0. The quantitative estimate of drug-likeness (QED) is 0.766.